The van der Waals surface area contributed by atoms with E-state index in [2.05, 4.69) is 65.7 Å². The van der Waals surface area contributed by atoms with Gasteiger partial charge in [0, 0.05) is 5.56 Å². The molecule has 1 aromatic carbocycles. The van der Waals surface area contributed by atoms with Crippen LogP contribution in [0.2, 0.25) is 0 Å². The average molecular weight is 371 g/mol. The predicted molar refractivity (Wildman–Crippen MR) is 86.5 cm³/mol. The van der Waals surface area contributed by atoms with Crippen molar-refractivity contribution in [1.29, 1.82) is 0 Å². The number of ether oxygens (including phenoxy) is 1. The normalized spacial score (nSPS) is 11.1. The Balaban J connectivity index is 2.64. The summed E-state index contributed by atoms with van der Waals surface area (Å²) < 4.78 is 6.42. The van der Waals surface area contributed by atoms with Gasteiger partial charge in [0.25, 0.3) is 0 Å². The van der Waals surface area contributed by atoms with Gasteiger partial charge in [0.1, 0.15) is 5.75 Å². The first-order chi connectivity index (χ1) is 8.95. The topological polar surface area (TPSA) is 63.9 Å². The first-order valence-corrected chi connectivity index (χ1v) is 7.21. The van der Waals surface area contributed by atoms with Gasteiger partial charge >= 0.3 is 0 Å². The number of aromatic nitrogens is 2. The van der Waals surface area contributed by atoms with Crippen LogP contribution in [0.3, 0.4) is 0 Å². The van der Waals surface area contributed by atoms with Crippen molar-refractivity contribution < 1.29 is 4.74 Å². The van der Waals surface area contributed by atoms with Crippen molar-refractivity contribution in [2.45, 2.75) is 26.7 Å². The Hall–Kier alpha value is -1.24. The van der Waals surface area contributed by atoms with Crippen molar-refractivity contribution in [2.75, 3.05) is 12.8 Å². The molecule has 1 aromatic heterocycles. The molecule has 4 nitrogen and oxygen atoms in total. The Morgan fingerprint density at radius 1 is 1.37 bits per heavy atom. The van der Waals surface area contributed by atoms with E-state index in [-0.39, 0.29) is 0 Å². The van der Waals surface area contributed by atoms with Gasteiger partial charge in [0.2, 0.25) is 0 Å². The van der Waals surface area contributed by atoms with Gasteiger partial charge in [-0.25, -0.2) is 0 Å². The zero-order chi connectivity index (χ0) is 14.2. The molecule has 2 aromatic rings. The van der Waals surface area contributed by atoms with Crippen LogP contribution >= 0.6 is 22.6 Å². The van der Waals surface area contributed by atoms with Gasteiger partial charge in [-0.3, -0.25) is 5.10 Å². The van der Waals surface area contributed by atoms with Gasteiger partial charge in [-0.2, -0.15) is 5.10 Å². The Morgan fingerprint density at radius 3 is 2.53 bits per heavy atom. The van der Waals surface area contributed by atoms with Crippen molar-refractivity contribution in [1.82, 2.24) is 10.2 Å². The highest BCUT2D eigenvalue weighted by Crippen LogP contribution is 2.36. The van der Waals surface area contributed by atoms with Crippen LogP contribution in [0.5, 0.6) is 5.75 Å². The second-order valence-electron chi connectivity index (χ2n) is 4.86. The molecular formula is C14H18IN3O. The van der Waals surface area contributed by atoms with E-state index < -0.39 is 0 Å². The maximum absolute atomic E-state index is 5.81. The second kappa shape index (κ2) is 5.40. The summed E-state index contributed by atoms with van der Waals surface area (Å²) in [4.78, 5) is 0. The highest BCUT2D eigenvalue weighted by Gasteiger charge is 2.16. The highest BCUT2D eigenvalue weighted by molar-refractivity contribution is 14.1. The molecule has 0 fully saturated rings. The molecule has 0 spiro atoms. The fourth-order valence-electron chi connectivity index (χ4n) is 2.12. The van der Waals surface area contributed by atoms with Crippen molar-refractivity contribution in [3.05, 3.63) is 26.8 Å². The maximum atomic E-state index is 5.81. The number of aromatic amines is 1. The molecule has 1 heterocycles. The Labute approximate surface area is 126 Å². The Bertz CT molecular complexity index is 605. The Kier molecular flexibility index (Phi) is 4.03. The molecule has 0 radical (unpaired) electrons. The third-order valence-corrected chi connectivity index (χ3v) is 4.29. The first kappa shape index (κ1) is 14.2. The lowest BCUT2D eigenvalue weighted by Crippen LogP contribution is -1.98. The standard InChI is InChI=1S/C14H18IN3O/c1-7(2)9-6-10(8(3)5-11(9)19-4)13-12(15)14(16)18-17-13/h5-7H,1-4H3,(H3,16,17,18). The van der Waals surface area contributed by atoms with E-state index >= 15 is 0 Å². The fraction of sp³-hybridized carbons (Fsp3) is 0.357. The second-order valence-corrected chi connectivity index (χ2v) is 5.94. The number of halogens is 1. The number of nitrogens with one attached hydrogen (secondary N) is 1. The highest BCUT2D eigenvalue weighted by atomic mass is 127. The summed E-state index contributed by atoms with van der Waals surface area (Å²) in [6.45, 7) is 6.38. The number of anilines is 1. The quantitative estimate of drug-likeness (QED) is 0.809. The van der Waals surface area contributed by atoms with Crippen LogP contribution in [0.15, 0.2) is 12.1 Å². The van der Waals surface area contributed by atoms with Gasteiger partial charge in [-0.15, -0.1) is 0 Å². The molecule has 0 bridgehead atoms. The number of hydrogen-bond donors (Lipinski definition) is 2. The monoisotopic (exact) mass is 371 g/mol. The van der Waals surface area contributed by atoms with Crippen molar-refractivity contribution in [3.63, 3.8) is 0 Å². The average Bonchev–Trinajstić information content (AvgIpc) is 2.69. The summed E-state index contributed by atoms with van der Waals surface area (Å²) >= 11 is 2.22. The number of hydrogen-bond acceptors (Lipinski definition) is 3. The number of aryl methyl sites for hydroxylation is 1. The van der Waals surface area contributed by atoms with Crippen LogP contribution in [-0.2, 0) is 0 Å². The SMILES string of the molecule is COc1cc(C)c(-c2[nH]nc(N)c2I)cc1C(C)C. The van der Waals surface area contributed by atoms with Crippen molar-refractivity contribution >= 4 is 28.4 Å². The van der Waals surface area contributed by atoms with Crippen LogP contribution in [-0.4, -0.2) is 17.3 Å². The molecule has 2 rings (SSSR count). The zero-order valence-electron chi connectivity index (χ0n) is 11.5. The summed E-state index contributed by atoms with van der Waals surface area (Å²) in [6.07, 6.45) is 0. The molecule has 0 amide bonds. The van der Waals surface area contributed by atoms with E-state index in [1.165, 1.54) is 5.56 Å². The van der Waals surface area contributed by atoms with Gasteiger partial charge < -0.3 is 10.5 Å². The van der Waals surface area contributed by atoms with Crippen LogP contribution in [0, 0.1) is 10.5 Å². The van der Waals surface area contributed by atoms with E-state index in [0.717, 1.165) is 26.1 Å². The zero-order valence-corrected chi connectivity index (χ0v) is 13.7. The Morgan fingerprint density at radius 2 is 2.05 bits per heavy atom. The molecule has 19 heavy (non-hydrogen) atoms. The summed E-state index contributed by atoms with van der Waals surface area (Å²) in [5.41, 5.74) is 10.2. The molecule has 0 atom stereocenters. The molecule has 3 N–H and O–H groups in total. The molecule has 0 aliphatic rings. The van der Waals surface area contributed by atoms with Crippen LogP contribution in [0.4, 0.5) is 5.82 Å². The molecule has 5 heteroatoms. The summed E-state index contributed by atoms with van der Waals surface area (Å²) in [5, 5.41) is 7.08. The molecule has 0 aliphatic heterocycles. The number of benzene rings is 1. The van der Waals surface area contributed by atoms with E-state index in [4.69, 9.17) is 10.5 Å². The summed E-state index contributed by atoms with van der Waals surface area (Å²) in [6, 6.07) is 4.23. The van der Waals surface area contributed by atoms with Crippen LogP contribution < -0.4 is 10.5 Å². The number of rotatable bonds is 3. The molecule has 0 saturated carbocycles. The van der Waals surface area contributed by atoms with Crippen molar-refractivity contribution in [3.8, 4) is 17.0 Å². The summed E-state index contributed by atoms with van der Waals surface area (Å²) in [7, 11) is 1.71. The first-order valence-electron chi connectivity index (χ1n) is 6.14. The predicted octanol–water partition coefficient (Wildman–Crippen LogP) is 3.70. The number of H-pyrrole nitrogens is 1. The minimum absolute atomic E-state index is 0.396. The van der Waals surface area contributed by atoms with Crippen LogP contribution in [0.25, 0.3) is 11.3 Å². The largest absolute Gasteiger partial charge is 0.496 e. The summed E-state index contributed by atoms with van der Waals surface area (Å²) in [5.74, 6) is 1.86. The smallest absolute Gasteiger partial charge is 0.159 e. The minimum Gasteiger partial charge on any atom is -0.496 e. The lowest BCUT2D eigenvalue weighted by Gasteiger charge is -2.15. The lowest BCUT2D eigenvalue weighted by atomic mass is 9.95. The minimum atomic E-state index is 0.396. The van der Waals surface area contributed by atoms with E-state index in [1.807, 2.05) is 0 Å². The fourth-order valence-corrected chi connectivity index (χ4v) is 2.65. The van der Waals surface area contributed by atoms with E-state index in [9.17, 15) is 0 Å². The molecule has 0 unspecified atom stereocenters. The molecule has 0 saturated heterocycles. The number of nitrogen functional groups attached to an aromatic ring is 1. The van der Waals surface area contributed by atoms with Gasteiger partial charge in [-0.05, 0) is 58.7 Å². The van der Waals surface area contributed by atoms with Gasteiger partial charge in [0.15, 0.2) is 5.82 Å². The van der Waals surface area contributed by atoms with Crippen molar-refractivity contribution in [2.24, 2.45) is 0 Å². The third kappa shape index (κ3) is 2.56. The third-order valence-electron chi connectivity index (χ3n) is 3.20. The molecular weight excluding hydrogens is 353 g/mol. The maximum Gasteiger partial charge on any atom is 0.159 e. The molecule has 102 valence electrons. The number of methoxy groups -OCH3 is 1. The van der Waals surface area contributed by atoms with Gasteiger partial charge in [-0.1, -0.05) is 13.8 Å². The van der Waals surface area contributed by atoms with Gasteiger partial charge in [0.05, 0.1) is 16.4 Å². The van der Waals surface area contributed by atoms with E-state index in [1.54, 1.807) is 7.11 Å². The lowest BCUT2D eigenvalue weighted by molar-refractivity contribution is 0.407. The van der Waals surface area contributed by atoms with E-state index in [0.29, 0.717) is 11.7 Å². The number of nitrogens with zero attached hydrogens (tertiary/aromatic N) is 1. The van der Waals surface area contributed by atoms with Crippen LogP contribution in [0.1, 0.15) is 30.9 Å². The molecule has 0 aliphatic carbocycles. The number of nitrogens with two attached hydrogens (primary N) is 1.